The van der Waals surface area contributed by atoms with Crippen LogP contribution in [0.3, 0.4) is 0 Å². The predicted octanol–water partition coefficient (Wildman–Crippen LogP) is 2.35. The largest absolute Gasteiger partial charge is 0.465 e. The van der Waals surface area contributed by atoms with E-state index in [1.165, 1.54) is 4.90 Å². The van der Waals surface area contributed by atoms with Crippen molar-refractivity contribution in [2.75, 3.05) is 0 Å². The van der Waals surface area contributed by atoms with Crippen LogP contribution in [0, 0.1) is 13.8 Å². The van der Waals surface area contributed by atoms with Crippen LogP contribution in [0.5, 0.6) is 0 Å². The Balaban J connectivity index is 2.47. The first kappa shape index (κ1) is 10.2. The molecule has 1 aromatic rings. The third-order valence-corrected chi connectivity index (χ3v) is 3.27. The van der Waals surface area contributed by atoms with Gasteiger partial charge in [-0.25, -0.2) is 4.79 Å². The fraction of sp³-hybridized carbons (Fsp3) is 0.400. The molecule has 5 heteroatoms. The van der Waals surface area contributed by atoms with Crippen LogP contribution in [0.25, 0.3) is 0 Å². The van der Waals surface area contributed by atoms with Crippen molar-refractivity contribution in [3.63, 3.8) is 0 Å². The van der Waals surface area contributed by atoms with E-state index in [0.29, 0.717) is 18.1 Å². The molecular formula is C10H11ClN2O2. The second-order valence-corrected chi connectivity index (χ2v) is 4.08. The van der Waals surface area contributed by atoms with E-state index in [1.807, 2.05) is 13.8 Å². The fourth-order valence-corrected chi connectivity index (χ4v) is 2.00. The molecule has 1 aliphatic heterocycles. The molecule has 0 fully saturated rings. The molecule has 80 valence electrons. The summed E-state index contributed by atoms with van der Waals surface area (Å²) in [5.74, 6) is 0. The number of fused-ring (bicyclic) bond motifs is 1. The summed E-state index contributed by atoms with van der Waals surface area (Å²) in [5.41, 5.74) is 3.49. The molecule has 4 nitrogen and oxygen atoms in total. The molecule has 0 bridgehead atoms. The Bertz CT molecular complexity index is 446. The summed E-state index contributed by atoms with van der Waals surface area (Å²) in [6.45, 7) is 4.49. The number of nitrogens with zero attached hydrogens (tertiary/aromatic N) is 2. The van der Waals surface area contributed by atoms with E-state index in [2.05, 4.69) is 4.98 Å². The van der Waals surface area contributed by atoms with Crippen molar-refractivity contribution in [1.29, 1.82) is 0 Å². The Morgan fingerprint density at radius 2 is 2.13 bits per heavy atom. The predicted molar refractivity (Wildman–Crippen MR) is 56.0 cm³/mol. The number of pyridine rings is 1. The smallest absolute Gasteiger partial charge is 0.407 e. The lowest BCUT2D eigenvalue weighted by molar-refractivity contribution is 0.145. The molecule has 1 N–H and O–H groups in total. The van der Waals surface area contributed by atoms with E-state index < -0.39 is 6.09 Å². The highest BCUT2D eigenvalue weighted by molar-refractivity contribution is 6.32. The molecule has 0 spiro atoms. The highest BCUT2D eigenvalue weighted by Crippen LogP contribution is 2.30. The van der Waals surface area contributed by atoms with Crippen molar-refractivity contribution in [2.24, 2.45) is 0 Å². The molecule has 1 aromatic heterocycles. The van der Waals surface area contributed by atoms with Crippen molar-refractivity contribution < 1.29 is 9.90 Å². The van der Waals surface area contributed by atoms with Crippen LogP contribution in [0.4, 0.5) is 4.79 Å². The van der Waals surface area contributed by atoms with Gasteiger partial charge in [-0.2, -0.15) is 0 Å². The lowest BCUT2D eigenvalue weighted by Gasteiger charge is -2.08. The number of amides is 1. The molecule has 0 aliphatic carbocycles. The van der Waals surface area contributed by atoms with E-state index in [4.69, 9.17) is 16.7 Å². The summed E-state index contributed by atoms with van der Waals surface area (Å²) in [5, 5.41) is 9.52. The summed E-state index contributed by atoms with van der Waals surface area (Å²) in [6.07, 6.45) is -0.916. The molecule has 1 aliphatic rings. The molecule has 0 saturated carbocycles. The van der Waals surface area contributed by atoms with Crippen molar-refractivity contribution in [3.05, 3.63) is 27.5 Å². The van der Waals surface area contributed by atoms with Crippen LogP contribution in [0.1, 0.15) is 22.5 Å². The molecule has 1 amide bonds. The number of rotatable bonds is 0. The van der Waals surface area contributed by atoms with Crippen LogP contribution in [-0.2, 0) is 13.1 Å². The zero-order valence-electron chi connectivity index (χ0n) is 8.54. The summed E-state index contributed by atoms with van der Waals surface area (Å²) in [7, 11) is 0. The van der Waals surface area contributed by atoms with Gasteiger partial charge in [0, 0.05) is 0 Å². The van der Waals surface area contributed by atoms with Crippen molar-refractivity contribution >= 4 is 17.7 Å². The maximum absolute atomic E-state index is 10.8. The van der Waals surface area contributed by atoms with E-state index in [9.17, 15) is 4.79 Å². The highest BCUT2D eigenvalue weighted by Gasteiger charge is 2.26. The number of halogens is 1. The highest BCUT2D eigenvalue weighted by atomic mass is 35.5. The zero-order valence-corrected chi connectivity index (χ0v) is 9.30. The summed E-state index contributed by atoms with van der Waals surface area (Å²) in [4.78, 5) is 16.5. The fourth-order valence-electron chi connectivity index (χ4n) is 1.84. The molecular weight excluding hydrogens is 216 g/mol. The van der Waals surface area contributed by atoms with E-state index in [0.717, 1.165) is 22.5 Å². The monoisotopic (exact) mass is 226 g/mol. The summed E-state index contributed by atoms with van der Waals surface area (Å²) >= 11 is 6.06. The SMILES string of the molecule is Cc1nc2c(c(C)c1Cl)CN(C(=O)O)C2. The van der Waals surface area contributed by atoms with Crippen LogP contribution >= 0.6 is 11.6 Å². The van der Waals surface area contributed by atoms with Gasteiger partial charge in [-0.15, -0.1) is 0 Å². The number of carbonyl (C=O) groups is 1. The molecule has 0 atom stereocenters. The average Bonchev–Trinajstić information content (AvgIpc) is 2.58. The van der Waals surface area contributed by atoms with Crippen LogP contribution in [-0.4, -0.2) is 21.1 Å². The van der Waals surface area contributed by atoms with Crippen molar-refractivity contribution in [1.82, 2.24) is 9.88 Å². The minimum atomic E-state index is -0.916. The van der Waals surface area contributed by atoms with Crippen molar-refractivity contribution in [3.8, 4) is 0 Å². The number of carboxylic acid groups (broad SMARTS) is 1. The third kappa shape index (κ3) is 1.55. The second-order valence-electron chi connectivity index (χ2n) is 3.70. The molecule has 15 heavy (non-hydrogen) atoms. The Morgan fingerprint density at radius 3 is 2.73 bits per heavy atom. The van der Waals surface area contributed by atoms with Gasteiger partial charge in [0.2, 0.25) is 0 Å². The van der Waals surface area contributed by atoms with Crippen LogP contribution in [0.2, 0.25) is 5.02 Å². The maximum Gasteiger partial charge on any atom is 0.407 e. The Labute approximate surface area is 92.5 Å². The lowest BCUT2D eigenvalue weighted by Crippen LogP contribution is -2.22. The van der Waals surface area contributed by atoms with Crippen molar-refractivity contribution in [2.45, 2.75) is 26.9 Å². The molecule has 0 saturated heterocycles. The van der Waals surface area contributed by atoms with E-state index >= 15 is 0 Å². The Morgan fingerprint density at radius 1 is 1.47 bits per heavy atom. The van der Waals surface area contributed by atoms with Gasteiger partial charge in [-0.3, -0.25) is 9.88 Å². The maximum atomic E-state index is 10.8. The third-order valence-electron chi connectivity index (χ3n) is 2.71. The topological polar surface area (TPSA) is 53.4 Å². The standard InChI is InChI=1S/C10H11ClN2O2/c1-5-7-3-13(10(14)15)4-8(7)12-6(2)9(5)11/h3-4H2,1-2H3,(H,14,15). The van der Waals surface area contributed by atoms with Crippen LogP contribution < -0.4 is 0 Å². The normalized spacial score (nSPS) is 14.2. The summed E-state index contributed by atoms with van der Waals surface area (Å²) < 4.78 is 0. The van der Waals surface area contributed by atoms with E-state index in [1.54, 1.807) is 0 Å². The van der Waals surface area contributed by atoms with Gasteiger partial charge in [-0.1, -0.05) is 11.6 Å². The van der Waals surface area contributed by atoms with Gasteiger partial charge < -0.3 is 5.11 Å². The first-order chi connectivity index (χ1) is 7.00. The van der Waals surface area contributed by atoms with Gasteiger partial charge in [0.15, 0.2) is 0 Å². The molecule has 0 unspecified atom stereocenters. The average molecular weight is 227 g/mol. The first-order valence-electron chi connectivity index (χ1n) is 4.63. The quantitative estimate of drug-likeness (QED) is 0.739. The number of hydrogen-bond acceptors (Lipinski definition) is 2. The Hall–Kier alpha value is -1.29. The van der Waals surface area contributed by atoms with Crippen LogP contribution in [0.15, 0.2) is 0 Å². The van der Waals surface area contributed by atoms with E-state index in [-0.39, 0.29) is 0 Å². The molecule has 2 heterocycles. The number of aryl methyl sites for hydroxylation is 1. The van der Waals surface area contributed by atoms with Gasteiger partial charge in [0.25, 0.3) is 0 Å². The number of hydrogen-bond donors (Lipinski definition) is 1. The molecule has 0 radical (unpaired) electrons. The second kappa shape index (κ2) is 3.38. The minimum absolute atomic E-state index is 0.365. The molecule has 2 rings (SSSR count). The van der Waals surface area contributed by atoms with Gasteiger partial charge in [-0.05, 0) is 25.0 Å². The van der Waals surface area contributed by atoms with Gasteiger partial charge >= 0.3 is 6.09 Å². The number of aromatic nitrogens is 1. The zero-order chi connectivity index (χ0) is 11.2. The lowest BCUT2D eigenvalue weighted by atomic mass is 10.1. The Kier molecular flexibility index (Phi) is 2.31. The van der Waals surface area contributed by atoms with Gasteiger partial charge in [0.05, 0.1) is 29.5 Å². The summed E-state index contributed by atoms with van der Waals surface area (Å²) in [6, 6.07) is 0. The van der Waals surface area contributed by atoms with Gasteiger partial charge in [0.1, 0.15) is 0 Å². The first-order valence-corrected chi connectivity index (χ1v) is 5.01. The minimum Gasteiger partial charge on any atom is -0.465 e. The molecule has 0 aromatic carbocycles.